The van der Waals surface area contributed by atoms with Gasteiger partial charge in [0.05, 0.1) is 24.6 Å². The maximum absolute atomic E-state index is 14.4. The number of hydrogen-bond donors (Lipinski definition) is 0. The predicted octanol–water partition coefficient (Wildman–Crippen LogP) is 3.11. The Balaban J connectivity index is 1.91. The maximum atomic E-state index is 14.4. The van der Waals surface area contributed by atoms with Gasteiger partial charge in [-0.2, -0.15) is 0 Å². The first-order valence-electron chi connectivity index (χ1n) is 6.89. The largest absolute Gasteiger partial charge is 0.374 e. The van der Waals surface area contributed by atoms with Crippen LogP contribution in [0.2, 0.25) is 0 Å². The van der Waals surface area contributed by atoms with Gasteiger partial charge in [-0.25, -0.2) is 9.37 Å². The molecule has 5 heteroatoms. The molecule has 2 atom stereocenters. The molecule has 19 heavy (non-hydrogen) atoms. The van der Waals surface area contributed by atoms with Crippen molar-refractivity contribution in [1.29, 1.82) is 0 Å². The van der Waals surface area contributed by atoms with Gasteiger partial charge in [0.25, 0.3) is 0 Å². The highest BCUT2D eigenvalue weighted by atomic mass is 35.5. The van der Waals surface area contributed by atoms with Crippen molar-refractivity contribution in [2.24, 2.45) is 0 Å². The van der Waals surface area contributed by atoms with Crippen molar-refractivity contribution in [3.05, 3.63) is 23.6 Å². The van der Waals surface area contributed by atoms with Crippen LogP contribution in [0.4, 0.5) is 10.2 Å². The SMILES string of the molecule is Fc1c(CCl)ccnc1N1CCOC2CCCCC21. The van der Waals surface area contributed by atoms with E-state index in [1.54, 1.807) is 12.3 Å². The second-order valence-electron chi connectivity index (χ2n) is 5.20. The monoisotopic (exact) mass is 284 g/mol. The fraction of sp³-hybridized carbons (Fsp3) is 0.643. The van der Waals surface area contributed by atoms with Gasteiger partial charge in [0, 0.05) is 18.3 Å². The lowest BCUT2D eigenvalue weighted by atomic mass is 9.90. The molecule has 2 aliphatic rings. The van der Waals surface area contributed by atoms with Gasteiger partial charge in [0.15, 0.2) is 11.6 Å². The van der Waals surface area contributed by atoms with Gasteiger partial charge in [0.2, 0.25) is 0 Å². The second-order valence-corrected chi connectivity index (χ2v) is 5.46. The number of halogens is 2. The van der Waals surface area contributed by atoms with Gasteiger partial charge >= 0.3 is 0 Å². The Morgan fingerprint density at radius 2 is 2.26 bits per heavy atom. The first-order valence-corrected chi connectivity index (χ1v) is 7.42. The van der Waals surface area contributed by atoms with E-state index < -0.39 is 0 Å². The molecule has 1 saturated heterocycles. The fourth-order valence-corrected chi connectivity index (χ4v) is 3.34. The van der Waals surface area contributed by atoms with Crippen molar-refractivity contribution in [1.82, 2.24) is 4.98 Å². The van der Waals surface area contributed by atoms with Crippen LogP contribution in [0.15, 0.2) is 12.3 Å². The lowest BCUT2D eigenvalue weighted by Crippen LogP contribution is -2.53. The Morgan fingerprint density at radius 3 is 3.11 bits per heavy atom. The van der Waals surface area contributed by atoms with Gasteiger partial charge < -0.3 is 9.64 Å². The summed E-state index contributed by atoms with van der Waals surface area (Å²) < 4.78 is 20.2. The minimum atomic E-state index is -0.274. The molecule has 0 amide bonds. The minimum Gasteiger partial charge on any atom is -0.374 e. The summed E-state index contributed by atoms with van der Waals surface area (Å²) in [7, 11) is 0. The van der Waals surface area contributed by atoms with Crippen molar-refractivity contribution in [3.8, 4) is 0 Å². The lowest BCUT2D eigenvalue weighted by Gasteiger charge is -2.44. The molecule has 3 nitrogen and oxygen atoms in total. The molecule has 1 aromatic heterocycles. The third kappa shape index (κ3) is 2.43. The molecule has 0 radical (unpaired) electrons. The highest BCUT2D eigenvalue weighted by Crippen LogP contribution is 2.32. The van der Waals surface area contributed by atoms with E-state index in [1.807, 2.05) is 0 Å². The average Bonchev–Trinajstić information content (AvgIpc) is 2.47. The zero-order chi connectivity index (χ0) is 13.2. The summed E-state index contributed by atoms with van der Waals surface area (Å²) in [6.07, 6.45) is 6.37. The molecule has 1 aliphatic carbocycles. The molecule has 0 N–H and O–H groups in total. The van der Waals surface area contributed by atoms with E-state index in [0.717, 1.165) is 12.8 Å². The average molecular weight is 285 g/mol. The lowest BCUT2D eigenvalue weighted by molar-refractivity contribution is -0.00925. The number of alkyl halides is 1. The smallest absolute Gasteiger partial charge is 0.170 e. The third-order valence-electron chi connectivity index (χ3n) is 4.10. The van der Waals surface area contributed by atoms with Crippen molar-refractivity contribution < 1.29 is 9.13 Å². The minimum absolute atomic E-state index is 0.180. The molecule has 2 heterocycles. The molecule has 1 aromatic rings. The van der Waals surface area contributed by atoms with Crippen molar-refractivity contribution in [2.75, 3.05) is 18.1 Å². The quantitative estimate of drug-likeness (QED) is 0.780. The van der Waals surface area contributed by atoms with Gasteiger partial charge in [-0.1, -0.05) is 12.8 Å². The Labute approximate surface area is 117 Å². The van der Waals surface area contributed by atoms with Crippen LogP contribution in [0.3, 0.4) is 0 Å². The molecule has 0 spiro atoms. The summed E-state index contributed by atoms with van der Waals surface area (Å²) in [6.45, 7) is 1.35. The number of aromatic nitrogens is 1. The van der Waals surface area contributed by atoms with E-state index in [1.165, 1.54) is 12.8 Å². The number of ether oxygens (including phenoxy) is 1. The van der Waals surface area contributed by atoms with Crippen LogP contribution in [0.1, 0.15) is 31.2 Å². The standard InChI is InChI=1S/C14H18ClFN2O/c15-9-10-5-6-17-14(13(10)16)18-7-8-19-12-4-2-1-3-11(12)18/h5-6,11-12H,1-4,7-9H2. The molecule has 0 bridgehead atoms. The van der Waals surface area contributed by atoms with Crippen LogP contribution < -0.4 is 4.90 Å². The van der Waals surface area contributed by atoms with Crippen LogP contribution in [0.5, 0.6) is 0 Å². The first kappa shape index (κ1) is 13.1. The Bertz CT molecular complexity index is 455. The number of pyridine rings is 1. The van der Waals surface area contributed by atoms with Crippen molar-refractivity contribution in [2.45, 2.75) is 43.7 Å². The normalized spacial score (nSPS) is 27.2. The molecular weight excluding hydrogens is 267 g/mol. The molecule has 1 aliphatic heterocycles. The van der Waals surface area contributed by atoms with E-state index in [9.17, 15) is 4.39 Å². The predicted molar refractivity (Wildman–Crippen MR) is 73.1 cm³/mol. The Kier molecular flexibility index (Phi) is 3.89. The van der Waals surface area contributed by atoms with Gasteiger partial charge in [-0.05, 0) is 18.9 Å². The van der Waals surface area contributed by atoms with Gasteiger partial charge in [-0.3, -0.25) is 0 Å². The van der Waals surface area contributed by atoms with Crippen LogP contribution in [0, 0.1) is 5.82 Å². The van der Waals surface area contributed by atoms with Crippen LogP contribution in [-0.4, -0.2) is 30.3 Å². The summed E-state index contributed by atoms with van der Waals surface area (Å²) in [5, 5.41) is 0. The van der Waals surface area contributed by atoms with E-state index >= 15 is 0 Å². The molecular formula is C14H18ClFN2O. The first-order chi connectivity index (χ1) is 9.31. The molecule has 1 saturated carbocycles. The number of morpholine rings is 1. The van der Waals surface area contributed by atoms with E-state index in [0.29, 0.717) is 24.5 Å². The fourth-order valence-electron chi connectivity index (χ4n) is 3.13. The zero-order valence-electron chi connectivity index (χ0n) is 10.8. The summed E-state index contributed by atoms with van der Waals surface area (Å²) in [6, 6.07) is 1.90. The summed E-state index contributed by atoms with van der Waals surface area (Å²) in [5.74, 6) is 0.349. The summed E-state index contributed by atoms with van der Waals surface area (Å²) in [4.78, 5) is 6.32. The Morgan fingerprint density at radius 1 is 1.42 bits per heavy atom. The van der Waals surface area contributed by atoms with Gasteiger partial charge in [0.1, 0.15) is 0 Å². The third-order valence-corrected chi connectivity index (χ3v) is 4.39. The van der Waals surface area contributed by atoms with Crippen molar-refractivity contribution in [3.63, 3.8) is 0 Å². The maximum Gasteiger partial charge on any atom is 0.170 e. The van der Waals surface area contributed by atoms with E-state index in [2.05, 4.69) is 9.88 Å². The van der Waals surface area contributed by atoms with Crippen LogP contribution in [-0.2, 0) is 10.6 Å². The molecule has 0 aromatic carbocycles. The molecule has 2 unspecified atom stereocenters. The summed E-state index contributed by atoms with van der Waals surface area (Å²) >= 11 is 5.77. The van der Waals surface area contributed by atoms with E-state index in [-0.39, 0.29) is 23.8 Å². The van der Waals surface area contributed by atoms with E-state index in [4.69, 9.17) is 16.3 Å². The molecule has 3 rings (SSSR count). The van der Waals surface area contributed by atoms with Gasteiger partial charge in [-0.15, -0.1) is 11.6 Å². The number of nitrogens with zero attached hydrogens (tertiary/aromatic N) is 2. The topological polar surface area (TPSA) is 25.4 Å². The highest BCUT2D eigenvalue weighted by Gasteiger charge is 2.36. The van der Waals surface area contributed by atoms with Crippen molar-refractivity contribution >= 4 is 17.4 Å². The second kappa shape index (κ2) is 5.63. The number of hydrogen-bond acceptors (Lipinski definition) is 3. The number of anilines is 1. The van der Waals surface area contributed by atoms with Crippen LogP contribution in [0.25, 0.3) is 0 Å². The summed E-state index contributed by atoms with van der Waals surface area (Å²) in [5.41, 5.74) is 0.519. The Hall–Kier alpha value is -0.870. The van der Waals surface area contributed by atoms with Crippen LogP contribution >= 0.6 is 11.6 Å². The highest BCUT2D eigenvalue weighted by molar-refractivity contribution is 6.17. The molecule has 104 valence electrons. The molecule has 2 fully saturated rings. The number of fused-ring (bicyclic) bond motifs is 1. The number of rotatable bonds is 2. The zero-order valence-corrected chi connectivity index (χ0v) is 11.6.